The van der Waals surface area contributed by atoms with Gasteiger partial charge in [-0.1, -0.05) is 23.2 Å². The fraction of sp³-hybridized carbons (Fsp3) is 0.222. The molecule has 0 aromatic carbocycles. The third-order valence-corrected chi connectivity index (χ3v) is 4.97. The lowest BCUT2D eigenvalue weighted by Crippen LogP contribution is -1.99. The number of thiazole rings is 1. The van der Waals surface area contributed by atoms with E-state index in [2.05, 4.69) is 15.0 Å². The molecule has 0 aliphatic heterocycles. The first-order valence-corrected chi connectivity index (χ1v) is 7.06. The van der Waals surface area contributed by atoms with Crippen molar-refractivity contribution in [3.63, 3.8) is 0 Å². The van der Waals surface area contributed by atoms with Gasteiger partial charge >= 0.3 is 0 Å². The minimum Gasteiger partial charge on any atom is -0.246 e. The molecule has 2 heterocycles. The molecule has 0 radical (unpaired) electrons. The summed E-state index contributed by atoms with van der Waals surface area (Å²) in [7, 11) is 0. The zero-order valence-electron chi connectivity index (χ0n) is 8.17. The Morgan fingerprint density at radius 1 is 1.25 bits per heavy atom. The van der Waals surface area contributed by atoms with Crippen LogP contribution in [0.2, 0.25) is 10.3 Å². The highest BCUT2D eigenvalue weighted by atomic mass is 127. The highest BCUT2D eigenvalue weighted by molar-refractivity contribution is 14.1. The lowest BCUT2D eigenvalue weighted by Gasteiger charge is -2.01. The highest BCUT2D eigenvalue weighted by Crippen LogP contribution is 2.23. The molecule has 0 saturated heterocycles. The van der Waals surface area contributed by atoms with Gasteiger partial charge in [-0.25, -0.2) is 15.0 Å². The molecule has 0 aliphatic carbocycles. The molecule has 0 N–H and O–H groups in total. The van der Waals surface area contributed by atoms with Gasteiger partial charge in [0.2, 0.25) is 0 Å². The topological polar surface area (TPSA) is 38.7 Å². The molecule has 16 heavy (non-hydrogen) atoms. The fourth-order valence-electron chi connectivity index (χ4n) is 1.13. The minimum absolute atomic E-state index is 0.392. The smallest absolute Gasteiger partial charge is 0.147 e. The van der Waals surface area contributed by atoms with Crippen molar-refractivity contribution >= 4 is 57.1 Å². The molecule has 0 spiro atoms. The van der Waals surface area contributed by atoms with Crippen LogP contribution in [0.1, 0.15) is 16.5 Å². The molecule has 0 saturated carbocycles. The van der Waals surface area contributed by atoms with Crippen LogP contribution < -0.4 is 0 Å². The summed E-state index contributed by atoms with van der Waals surface area (Å²) in [6.07, 6.45) is 0.564. The number of rotatable bonds is 2. The number of hydrogen-bond acceptors (Lipinski definition) is 4. The quantitative estimate of drug-likeness (QED) is 0.583. The first-order valence-electron chi connectivity index (χ1n) is 4.34. The van der Waals surface area contributed by atoms with Gasteiger partial charge in [-0.15, -0.1) is 11.3 Å². The summed E-state index contributed by atoms with van der Waals surface area (Å²) in [5.41, 5.74) is 1.00. The molecule has 7 heteroatoms. The van der Waals surface area contributed by atoms with Crippen molar-refractivity contribution in [3.05, 3.63) is 35.8 Å². The van der Waals surface area contributed by atoms with Crippen LogP contribution in [-0.4, -0.2) is 15.0 Å². The van der Waals surface area contributed by atoms with Gasteiger partial charge in [0.15, 0.2) is 0 Å². The van der Waals surface area contributed by atoms with Crippen molar-refractivity contribution in [2.45, 2.75) is 13.3 Å². The van der Waals surface area contributed by atoms with Gasteiger partial charge < -0.3 is 0 Å². The van der Waals surface area contributed by atoms with E-state index in [1.165, 1.54) is 0 Å². The van der Waals surface area contributed by atoms with Crippen LogP contribution in [0, 0.1) is 10.5 Å². The van der Waals surface area contributed by atoms with Crippen molar-refractivity contribution in [3.8, 4) is 0 Å². The molecule has 0 bridgehead atoms. The Hall–Kier alpha value is 0.0200. The van der Waals surface area contributed by atoms with Gasteiger partial charge in [-0.3, -0.25) is 0 Å². The fourth-order valence-corrected chi connectivity index (χ4v) is 2.57. The second kappa shape index (κ2) is 5.12. The normalized spacial score (nSPS) is 10.8. The van der Waals surface area contributed by atoms with Crippen LogP contribution in [0.5, 0.6) is 0 Å². The van der Waals surface area contributed by atoms with Gasteiger partial charge in [0.25, 0.3) is 0 Å². The van der Waals surface area contributed by atoms with E-state index in [0.717, 1.165) is 10.7 Å². The summed E-state index contributed by atoms with van der Waals surface area (Å²) in [6, 6.07) is 0. The monoisotopic (exact) mass is 385 g/mol. The summed E-state index contributed by atoms with van der Waals surface area (Å²) < 4.78 is 0.681. The standard InChI is InChI=1S/C9H6Cl2IN3S/c1-4-3-16-6(13-4)2-5-14-8(10)7(12)9(11)15-5/h3H,2H2,1H3. The average molecular weight is 386 g/mol. The van der Waals surface area contributed by atoms with Crippen LogP contribution in [0.3, 0.4) is 0 Å². The van der Waals surface area contributed by atoms with Crippen LogP contribution in [0.25, 0.3) is 0 Å². The largest absolute Gasteiger partial charge is 0.246 e. The molecule has 3 nitrogen and oxygen atoms in total. The van der Waals surface area contributed by atoms with Crippen molar-refractivity contribution < 1.29 is 0 Å². The van der Waals surface area contributed by atoms with Crippen LogP contribution in [0.4, 0.5) is 0 Å². The second-order valence-corrected chi connectivity index (χ2v) is 5.83. The molecule has 0 aliphatic rings. The Morgan fingerprint density at radius 3 is 2.38 bits per heavy atom. The predicted molar refractivity (Wildman–Crippen MR) is 74.4 cm³/mol. The zero-order valence-corrected chi connectivity index (χ0v) is 12.7. The number of nitrogens with zero attached hydrogens (tertiary/aromatic N) is 3. The number of halogens is 3. The van der Waals surface area contributed by atoms with Crippen molar-refractivity contribution in [1.82, 2.24) is 15.0 Å². The van der Waals surface area contributed by atoms with Crippen molar-refractivity contribution in [2.75, 3.05) is 0 Å². The molecular weight excluding hydrogens is 380 g/mol. The Balaban J connectivity index is 2.28. The zero-order chi connectivity index (χ0) is 11.7. The maximum Gasteiger partial charge on any atom is 0.147 e. The Morgan fingerprint density at radius 2 is 1.88 bits per heavy atom. The van der Waals surface area contributed by atoms with Crippen LogP contribution in [-0.2, 0) is 6.42 Å². The van der Waals surface area contributed by atoms with E-state index >= 15 is 0 Å². The molecule has 0 atom stereocenters. The van der Waals surface area contributed by atoms with Crippen LogP contribution in [0.15, 0.2) is 5.38 Å². The van der Waals surface area contributed by atoms with E-state index in [4.69, 9.17) is 23.2 Å². The number of hydrogen-bond donors (Lipinski definition) is 0. The average Bonchev–Trinajstić information content (AvgIpc) is 2.60. The minimum atomic E-state index is 0.392. The summed E-state index contributed by atoms with van der Waals surface area (Å²) in [4.78, 5) is 12.7. The van der Waals surface area contributed by atoms with E-state index < -0.39 is 0 Å². The molecule has 2 aromatic heterocycles. The van der Waals surface area contributed by atoms with E-state index in [1.807, 2.05) is 34.9 Å². The third-order valence-electron chi connectivity index (χ3n) is 1.79. The van der Waals surface area contributed by atoms with Gasteiger partial charge in [0.1, 0.15) is 21.1 Å². The van der Waals surface area contributed by atoms with Gasteiger partial charge in [-0.2, -0.15) is 0 Å². The van der Waals surface area contributed by atoms with Crippen molar-refractivity contribution in [2.24, 2.45) is 0 Å². The van der Waals surface area contributed by atoms with Gasteiger partial charge in [-0.05, 0) is 29.5 Å². The molecular formula is C9H6Cl2IN3S. The van der Waals surface area contributed by atoms with E-state index in [1.54, 1.807) is 11.3 Å². The summed E-state index contributed by atoms with van der Waals surface area (Å²) in [5, 5.41) is 3.74. The maximum atomic E-state index is 5.93. The molecule has 2 rings (SSSR count). The third kappa shape index (κ3) is 2.82. The Labute approximate surface area is 120 Å². The SMILES string of the molecule is Cc1csc(Cc2nc(Cl)c(I)c(Cl)n2)n1. The van der Waals surface area contributed by atoms with E-state index in [9.17, 15) is 0 Å². The van der Waals surface area contributed by atoms with Crippen LogP contribution >= 0.6 is 57.1 Å². The lowest BCUT2D eigenvalue weighted by atomic mass is 10.4. The predicted octanol–water partition coefficient (Wildman–Crippen LogP) is 3.74. The first-order chi connectivity index (χ1) is 7.56. The van der Waals surface area contributed by atoms with Gasteiger partial charge in [0, 0.05) is 11.1 Å². The second-order valence-electron chi connectivity index (χ2n) is 3.09. The van der Waals surface area contributed by atoms with Gasteiger partial charge in [0.05, 0.1) is 9.99 Å². The molecule has 0 amide bonds. The molecule has 2 aromatic rings. The highest BCUT2D eigenvalue weighted by Gasteiger charge is 2.10. The summed E-state index contributed by atoms with van der Waals surface area (Å²) in [5.74, 6) is 0.602. The molecule has 0 fully saturated rings. The lowest BCUT2D eigenvalue weighted by molar-refractivity contribution is 0.947. The summed E-state index contributed by atoms with van der Waals surface area (Å²) >= 11 is 15.5. The maximum absolute atomic E-state index is 5.93. The van der Waals surface area contributed by atoms with E-state index in [0.29, 0.717) is 26.1 Å². The summed E-state index contributed by atoms with van der Waals surface area (Å²) in [6.45, 7) is 1.95. The first kappa shape index (κ1) is 12.5. The number of aromatic nitrogens is 3. The Kier molecular flexibility index (Phi) is 3.99. The van der Waals surface area contributed by atoms with E-state index in [-0.39, 0.29) is 0 Å². The molecule has 0 unspecified atom stereocenters. The van der Waals surface area contributed by atoms with Crippen molar-refractivity contribution in [1.29, 1.82) is 0 Å². The molecule has 84 valence electrons. The Bertz CT molecular complexity index is 506. The number of aryl methyl sites for hydroxylation is 1.